The number of nitrogens with one attached hydrogen (secondary N) is 2. The van der Waals surface area contributed by atoms with Gasteiger partial charge >= 0.3 is 0 Å². The van der Waals surface area contributed by atoms with E-state index in [4.69, 9.17) is 5.73 Å². The number of hydrogen-bond acceptors (Lipinski definition) is 3. The lowest BCUT2D eigenvalue weighted by Crippen LogP contribution is -2.47. The highest BCUT2D eigenvalue weighted by atomic mass is 79.9. The van der Waals surface area contributed by atoms with E-state index in [1.165, 1.54) is 0 Å². The van der Waals surface area contributed by atoms with Crippen molar-refractivity contribution >= 4 is 49.4 Å². The van der Waals surface area contributed by atoms with Gasteiger partial charge in [0.1, 0.15) is 6.04 Å². The highest BCUT2D eigenvalue weighted by molar-refractivity contribution is 9.10. The fraction of sp³-hybridized carbons (Fsp3) is 0.385. The summed E-state index contributed by atoms with van der Waals surface area (Å²) in [6, 6.07) is 4.31. The molecule has 0 spiro atoms. The lowest BCUT2D eigenvalue weighted by molar-refractivity contribution is -0.126. The van der Waals surface area contributed by atoms with Crippen molar-refractivity contribution in [1.82, 2.24) is 5.32 Å². The molecule has 0 bridgehead atoms. The molecule has 0 aliphatic rings. The second-order valence-electron chi connectivity index (χ2n) is 4.49. The number of alkyl halides is 1. The first kappa shape index (κ1) is 17.1. The van der Waals surface area contributed by atoms with Crippen molar-refractivity contribution in [1.29, 1.82) is 0 Å². The second-order valence-corrected chi connectivity index (χ2v) is 5.97. The molecule has 0 saturated heterocycles. The van der Waals surface area contributed by atoms with Crippen LogP contribution in [0.4, 0.5) is 5.69 Å². The van der Waals surface area contributed by atoms with Gasteiger partial charge in [-0.2, -0.15) is 0 Å². The van der Waals surface area contributed by atoms with Crippen molar-refractivity contribution in [3.8, 4) is 0 Å². The van der Waals surface area contributed by atoms with Gasteiger partial charge in [-0.3, -0.25) is 9.59 Å². The molecule has 0 aliphatic heterocycles. The monoisotopic (exact) mass is 405 g/mol. The number of hydrogen-bond donors (Lipinski definition) is 3. The largest absolute Gasteiger partial charge is 0.343 e. The lowest BCUT2D eigenvalue weighted by Gasteiger charge is -2.16. The van der Waals surface area contributed by atoms with Crippen LogP contribution >= 0.6 is 31.9 Å². The Hall–Kier alpha value is -0.920. The Kier molecular flexibility index (Phi) is 6.64. The smallest absolute Gasteiger partial charge is 0.246 e. The molecular formula is C13H17Br2N3O2. The van der Waals surface area contributed by atoms with E-state index in [0.717, 1.165) is 10.0 Å². The summed E-state index contributed by atoms with van der Waals surface area (Å²) in [5.74, 6) is -0.652. The molecule has 1 aromatic rings. The molecule has 0 heterocycles. The van der Waals surface area contributed by atoms with Crippen molar-refractivity contribution in [2.24, 2.45) is 5.73 Å². The normalized spacial score (nSPS) is 13.4. The molecule has 4 N–H and O–H groups in total. The van der Waals surface area contributed by atoms with E-state index in [9.17, 15) is 9.59 Å². The maximum atomic E-state index is 12.0. The molecular weight excluding hydrogens is 390 g/mol. The zero-order valence-corrected chi connectivity index (χ0v) is 14.4. The summed E-state index contributed by atoms with van der Waals surface area (Å²) in [4.78, 5) is 23.4. The first-order valence-corrected chi connectivity index (χ1v) is 7.97. The van der Waals surface area contributed by atoms with Crippen LogP contribution in [0.15, 0.2) is 22.7 Å². The minimum absolute atomic E-state index is 0.294. The SMILES string of the molecule is C[C@H](N)C(=O)N[C@@H](C)C(=O)Nc1cc(Br)cc(CBr)c1. The van der Waals surface area contributed by atoms with Crippen LogP contribution in [0.25, 0.3) is 0 Å². The second kappa shape index (κ2) is 7.75. The van der Waals surface area contributed by atoms with E-state index in [1.807, 2.05) is 12.1 Å². The van der Waals surface area contributed by atoms with Crippen molar-refractivity contribution in [3.05, 3.63) is 28.2 Å². The van der Waals surface area contributed by atoms with Gasteiger partial charge < -0.3 is 16.4 Å². The van der Waals surface area contributed by atoms with E-state index < -0.39 is 12.1 Å². The van der Waals surface area contributed by atoms with E-state index in [0.29, 0.717) is 11.0 Å². The summed E-state index contributed by atoms with van der Waals surface area (Å²) in [6.07, 6.45) is 0. The summed E-state index contributed by atoms with van der Waals surface area (Å²) in [5, 5.41) is 5.99. The zero-order valence-electron chi connectivity index (χ0n) is 11.2. The van der Waals surface area contributed by atoms with Crippen LogP contribution in [0.5, 0.6) is 0 Å². The van der Waals surface area contributed by atoms with E-state index in [-0.39, 0.29) is 11.8 Å². The number of rotatable bonds is 5. The average Bonchev–Trinajstić information content (AvgIpc) is 2.37. The molecule has 1 aromatic carbocycles. The van der Waals surface area contributed by atoms with Gasteiger partial charge in [0.05, 0.1) is 6.04 Å². The zero-order chi connectivity index (χ0) is 15.3. The predicted molar refractivity (Wildman–Crippen MR) is 86.7 cm³/mol. The van der Waals surface area contributed by atoms with Crippen molar-refractivity contribution in [2.45, 2.75) is 31.3 Å². The molecule has 2 amide bonds. The molecule has 0 aromatic heterocycles. The summed E-state index contributed by atoms with van der Waals surface area (Å²) in [6.45, 7) is 3.18. The Bertz CT molecular complexity index is 506. The maximum Gasteiger partial charge on any atom is 0.246 e. The molecule has 0 fully saturated rings. The highest BCUT2D eigenvalue weighted by Gasteiger charge is 2.17. The quantitative estimate of drug-likeness (QED) is 0.655. The maximum absolute atomic E-state index is 12.0. The van der Waals surface area contributed by atoms with Gasteiger partial charge in [0.2, 0.25) is 11.8 Å². The van der Waals surface area contributed by atoms with Gasteiger partial charge in [-0.15, -0.1) is 0 Å². The van der Waals surface area contributed by atoms with Crippen LogP contribution in [0, 0.1) is 0 Å². The number of anilines is 1. The lowest BCUT2D eigenvalue weighted by atomic mass is 10.2. The minimum Gasteiger partial charge on any atom is -0.343 e. The molecule has 0 saturated carbocycles. The molecule has 1 rings (SSSR count). The van der Waals surface area contributed by atoms with E-state index in [2.05, 4.69) is 42.5 Å². The molecule has 7 heteroatoms. The number of amides is 2. The Balaban J connectivity index is 2.70. The third kappa shape index (κ3) is 5.22. The van der Waals surface area contributed by atoms with Crippen molar-refractivity contribution < 1.29 is 9.59 Å². The summed E-state index contributed by atoms with van der Waals surface area (Å²) in [5.41, 5.74) is 7.14. The number of benzene rings is 1. The molecule has 110 valence electrons. The number of carbonyl (C=O) groups excluding carboxylic acids is 2. The van der Waals surface area contributed by atoms with Crippen LogP contribution in [-0.2, 0) is 14.9 Å². The van der Waals surface area contributed by atoms with E-state index >= 15 is 0 Å². The Morgan fingerprint density at radius 2 is 1.90 bits per heavy atom. The first-order chi connectivity index (χ1) is 9.33. The predicted octanol–water partition coefficient (Wildman–Crippen LogP) is 2.13. The van der Waals surface area contributed by atoms with Crippen molar-refractivity contribution in [3.63, 3.8) is 0 Å². The van der Waals surface area contributed by atoms with Gasteiger partial charge in [0, 0.05) is 15.5 Å². The Labute approximate surface area is 134 Å². The number of nitrogens with two attached hydrogens (primary N) is 1. The molecule has 0 unspecified atom stereocenters. The van der Waals surface area contributed by atoms with E-state index in [1.54, 1.807) is 19.9 Å². The number of carbonyl (C=O) groups is 2. The summed E-state index contributed by atoms with van der Waals surface area (Å²) < 4.78 is 0.872. The topological polar surface area (TPSA) is 84.2 Å². The third-order valence-electron chi connectivity index (χ3n) is 2.55. The fourth-order valence-electron chi connectivity index (χ4n) is 1.46. The minimum atomic E-state index is -0.653. The van der Waals surface area contributed by atoms with Gasteiger partial charge in [0.25, 0.3) is 0 Å². The Morgan fingerprint density at radius 1 is 1.25 bits per heavy atom. The van der Waals surface area contributed by atoms with Gasteiger partial charge in [-0.05, 0) is 37.6 Å². The molecule has 2 atom stereocenters. The van der Waals surface area contributed by atoms with Gasteiger partial charge in [0.15, 0.2) is 0 Å². The molecule has 20 heavy (non-hydrogen) atoms. The standard InChI is InChI=1S/C13H17Br2N3O2/c1-7(16)12(19)17-8(2)13(20)18-11-4-9(6-14)3-10(15)5-11/h3-5,7-8H,6,16H2,1-2H3,(H,17,19)(H,18,20)/t7-,8-/m0/s1. The van der Waals surface area contributed by atoms with Gasteiger partial charge in [-0.25, -0.2) is 0 Å². The van der Waals surface area contributed by atoms with Crippen LogP contribution < -0.4 is 16.4 Å². The van der Waals surface area contributed by atoms with Crippen LogP contribution in [0.3, 0.4) is 0 Å². The third-order valence-corrected chi connectivity index (χ3v) is 3.65. The first-order valence-electron chi connectivity index (χ1n) is 6.05. The average molecular weight is 407 g/mol. The van der Waals surface area contributed by atoms with Crippen molar-refractivity contribution in [2.75, 3.05) is 5.32 Å². The number of halogens is 2. The summed E-state index contributed by atoms with van der Waals surface area (Å²) in [7, 11) is 0. The molecule has 5 nitrogen and oxygen atoms in total. The molecule has 0 radical (unpaired) electrons. The van der Waals surface area contributed by atoms with Crippen LogP contribution in [-0.4, -0.2) is 23.9 Å². The molecule has 0 aliphatic carbocycles. The fourth-order valence-corrected chi connectivity index (χ4v) is 2.33. The highest BCUT2D eigenvalue weighted by Crippen LogP contribution is 2.21. The van der Waals surface area contributed by atoms with Gasteiger partial charge in [-0.1, -0.05) is 31.9 Å². The van der Waals surface area contributed by atoms with Crippen LogP contribution in [0.1, 0.15) is 19.4 Å². The summed E-state index contributed by atoms with van der Waals surface area (Å²) >= 11 is 6.75. The van der Waals surface area contributed by atoms with Crippen LogP contribution in [0.2, 0.25) is 0 Å². The Morgan fingerprint density at radius 3 is 2.45 bits per heavy atom.